The van der Waals surface area contributed by atoms with E-state index in [9.17, 15) is 0 Å². The number of rotatable bonds is 1. The third kappa shape index (κ3) is 2.82. The molecule has 1 aromatic carbocycles. The zero-order valence-corrected chi connectivity index (χ0v) is 13.2. The maximum atomic E-state index is 6.02. The van der Waals surface area contributed by atoms with Crippen LogP contribution in [0.15, 0.2) is 24.3 Å². The number of benzene rings is 1. The van der Waals surface area contributed by atoms with Gasteiger partial charge in [0.1, 0.15) is 6.61 Å². The maximum absolute atomic E-state index is 6.02. The number of fused-ring (bicyclic) bond motifs is 2. The molecule has 2 aliphatic rings. The van der Waals surface area contributed by atoms with Crippen molar-refractivity contribution < 1.29 is 9.47 Å². The first-order valence-electron chi connectivity index (χ1n) is 7.96. The molecule has 1 N–H and O–H groups in total. The maximum Gasteiger partial charge on any atom is 0.229 e. The predicted octanol–water partition coefficient (Wildman–Crippen LogP) is 2.13. The lowest BCUT2D eigenvalue weighted by Crippen LogP contribution is -2.37. The van der Waals surface area contributed by atoms with Crippen LogP contribution in [0.4, 0.5) is 11.6 Å². The van der Waals surface area contributed by atoms with Crippen molar-refractivity contribution in [3.63, 3.8) is 0 Å². The molecule has 0 saturated carbocycles. The minimum atomic E-state index is 0.509. The number of hydrogen-bond acceptors (Lipinski definition) is 6. The van der Waals surface area contributed by atoms with Gasteiger partial charge in [-0.05, 0) is 13.0 Å². The van der Waals surface area contributed by atoms with E-state index >= 15 is 0 Å². The molecule has 0 unspecified atom stereocenters. The summed E-state index contributed by atoms with van der Waals surface area (Å²) in [6, 6.07) is 8.20. The smallest absolute Gasteiger partial charge is 0.229 e. The topological polar surface area (TPSA) is 59.5 Å². The van der Waals surface area contributed by atoms with Crippen molar-refractivity contribution in [3.8, 4) is 5.88 Å². The second-order valence-electron chi connectivity index (χ2n) is 5.79. The van der Waals surface area contributed by atoms with E-state index < -0.39 is 0 Å². The minimum Gasteiger partial charge on any atom is -0.472 e. The highest BCUT2D eigenvalue weighted by atomic mass is 16.5. The van der Waals surface area contributed by atoms with Crippen molar-refractivity contribution in [2.24, 2.45) is 0 Å². The molecule has 1 fully saturated rings. The second kappa shape index (κ2) is 6.04. The quantitative estimate of drug-likeness (QED) is 0.870. The van der Waals surface area contributed by atoms with Crippen LogP contribution >= 0.6 is 0 Å². The van der Waals surface area contributed by atoms with Crippen LogP contribution in [0.25, 0.3) is 0 Å². The number of morpholine rings is 1. The summed E-state index contributed by atoms with van der Waals surface area (Å²) in [6.07, 6.45) is 0. The third-order valence-electron chi connectivity index (χ3n) is 4.30. The highest BCUT2D eigenvalue weighted by Crippen LogP contribution is 2.28. The van der Waals surface area contributed by atoms with Crippen molar-refractivity contribution in [3.05, 3.63) is 41.1 Å². The lowest BCUT2D eigenvalue weighted by Gasteiger charge is -2.28. The summed E-state index contributed by atoms with van der Waals surface area (Å²) in [6.45, 7) is 6.27. The van der Waals surface area contributed by atoms with Crippen LogP contribution in [0.5, 0.6) is 5.88 Å². The lowest BCUT2D eigenvalue weighted by molar-refractivity contribution is 0.122. The van der Waals surface area contributed by atoms with Crippen molar-refractivity contribution in [2.45, 2.75) is 20.1 Å². The van der Waals surface area contributed by atoms with Gasteiger partial charge >= 0.3 is 0 Å². The molecule has 2 aliphatic heterocycles. The third-order valence-corrected chi connectivity index (χ3v) is 4.30. The highest BCUT2D eigenvalue weighted by Gasteiger charge is 2.20. The molecule has 0 amide bonds. The first-order chi connectivity index (χ1) is 11.3. The molecule has 23 heavy (non-hydrogen) atoms. The molecule has 6 nitrogen and oxygen atoms in total. The number of ether oxygens (including phenoxy) is 2. The molecule has 0 radical (unpaired) electrons. The number of nitrogens with one attached hydrogen (secondary N) is 1. The van der Waals surface area contributed by atoms with Crippen molar-refractivity contribution in [1.82, 2.24) is 9.97 Å². The van der Waals surface area contributed by atoms with Crippen LogP contribution in [0, 0.1) is 6.92 Å². The second-order valence-corrected chi connectivity index (χ2v) is 5.79. The fourth-order valence-electron chi connectivity index (χ4n) is 2.93. The number of hydrogen-bond donors (Lipinski definition) is 1. The summed E-state index contributed by atoms with van der Waals surface area (Å²) in [7, 11) is 0. The van der Waals surface area contributed by atoms with E-state index in [1.807, 2.05) is 19.1 Å². The standard InChI is InChI=1S/C17H20N4O2/c1-12-14-10-18-15-5-3-2-4-13(15)11-23-16(14)20-17(19-12)21-6-8-22-9-7-21/h2-5,18H,6-11H2,1H3. The van der Waals surface area contributed by atoms with E-state index in [2.05, 4.69) is 32.3 Å². The van der Waals surface area contributed by atoms with Gasteiger partial charge in [-0.3, -0.25) is 0 Å². The fraction of sp³-hybridized carbons (Fsp3) is 0.412. The lowest BCUT2D eigenvalue weighted by atomic mass is 10.1. The molecule has 0 spiro atoms. The van der Waals surface area contributed by atoms with Gasteiger partial charge in [0.05, 0.1) is 24.5 Å². The number of aryl methyl sites for hydroxylation is 1. The summed E-state index contributed by atoms with van der Waals surface area (Å²) in [5.41, 5.74) is 4.23. The Kier molecular flexibility index (Phi) is 3.75. The molecular weight excluding hydrogens is 292 g/mol. The summed E-state index contributed by atoms with van der Waals surface area (Å²) in [4.78, 5) is 11.5. The van der Waals surface area contributed by atoms with Gasteiger partial charge in [-0.2, -0.15) is 4.98 Å². The van der Waals surface area contributed by atoms with E-state index in [0.29, 0.717) is 19.0 Å². The van der Waals surface area contributed by atoms with Gasteiger partial charge in [0.15, 0.2) is 0 Å². The van der Waals surface area contributed by atoms with Gasteiger partial charge in [-0.25, -0.2) is 4.98 Å². The Balaban J connectivity index is 1.65. The normalized spacial score (nSPS) is 17.2. The molecule has 1 saturated heterocycles. The Morgan fingerprint density at radius 1 is 1.13 bits per heavy atom. The zero-order valence-electron chi connectivity index (χ0n) is 13.2. The van der Waals surface area contributed by atoms with Crippen molar-refractivity contribution >= 4 is 11.6 Å². The van der Waals surface area contributed by atoms with Crippen LogP contribution < -0.4 is 15.0 Å². The molecular formula is C17H20N4O2. The SMILES string of the molecule is Cc1nc(N2CCOCC2)nc2c1CNc1ccccc1CO2. The average Bonchev–Trinajstić information content (AvgIpc) is 2.58. The Bertz CT molecular complexity index is 714. The fourth-order valence-corrected chi connectivity index (χ4v) is 2.93. The van der Waals surface area contributed by atoms with Gasteiger partial charge in [-0.15, -0.1) is 0 Å². The van der Waals surface area contributed by atoms with Crippen molar-refractivity contribution in [2.75, 3.05) is 36.5 Å². The summed E-state index contributed by atoms with van der Waals surface area (Å²) in [5.74, 6) is 1.42. The van der Waals surface area contributed by atoms with Gasteiger partial charge in [-0.1, -0.05) is 18.2 Å². The Morgan fingerprint density at radius 2 is 1.96 bits per heavy atom. The van der Waals surface area contributed by atoms with Crippen LogP contribution in [-0.2, 0) is 17.9 Å². The van der Waals surface area contributed by atoms with Gasteiger partial charge in [0, 0.05) is 30.9 Å². The molecule has 3 heterocycles. The molecule has 2 aromatic rings. The summed E-state index contributed by atoms with van der Waals surface area (Å²) >= 11 is 0. The summed E-state index contributed by atoms with van der Waals surface area (Å²) < 4.78 is 11.4. The summed E-state index contributed by atoms with van der Waals surface area (Å²) in [5, 5.41) is 3.47. The van der Waals surface area contributed by atoms with Crippen molar-refractivity contribution in [1.29, 1.82) is 0 Å². The van der Waals surface area contributed by atoms with Gasteiger partial charge < -0.3 is 19.7 Å². The van der Waals surface area contributed by atoms with E-state index in [-0.39, 0.29) is 0 Å². The van der Waals surface area contributed by atoms with Crippen LogP contribution in [-0.4, -0.2) is 36.3 Å². The first-order valence-corrected chi connectivity index (χ1v) is 7.96. The minimum absolute atomic E-state index is 0.509. The molecule has 0 bridgehead atoms. The van der Waals surface area contributed by atoms with Gasteiger partial charge in [0.2, 0.25) is 11.8 Å². The number of nitrogens with zero attached hydrogens (tertiary/aromatic N) is 3. The molecule has 6 heteroatoms. The zero-order chi connectivity index (χ0) is 15.6. The number of para-hydroxylation sites is 1. The van der Waals surface area contributed by atoms with E-state index in [4.69, 9.17) is 9.47 Å². The predicted molar refractivity (Wildman–Crippen MR) is 87.9 cm³/mol. The van der Waals surface area contributed by atoms with E-state index in [1.165, 1.54) is 0 Å². The Labute approximate surface area is 135 Å². The Morgan fingerprint density at radius 3 is 2.83 bits per heavy atom. The monoisotopic (exact) mass is 312 g/mol. The van der Waals surface area contributed by atoms with Crippen LogP contribution in [0.3, 0.4) is 0 Å². The molecule has 1 aromatic heterocycles. The molecule has 4 rings (SSSR count). The van der Waals surface area contributed by atoms with Crippen LogP contribution in [0.2, 0.25) is 0 Å². The number of anilines is 2. The molecule has 120 valence electrons. The van der Waals surface area contributed by atoms with Gasteiger partial charge in [0.25, 0.3) is 0 Å². The average molecular weight is 312 g/mol. The number of aromatic nitrogens is 2. The Hall–Kier alpha value is -2.34. The largest absolute Gasteiger partial charge is 0.472 e. The van der Waals surface area contributed by atoms with E-state index in [1.54, 1.807) is 0 Å². The molecule has 0 atom stereocenters. The highest BCUT2D eigenvalue weighted by molar-refractivity contribution is 5.53. The molecule has 0 aliphatic carbocycles. The van der Waals surface area contributed by atoms with Crippen LogP contribution in [0.1, 0.15) is 16.8 Å². The van der Waals surface area contributed by atoms with E-state index in [0.717, 1.165) is 54.8 Å². The first kappa shape index (κ1) is 14.3.